The van der Waals surface area contributed by atoms with Gasteiger partial charge in [0.2, 0.25) is 5.91 Å². The second-order valence-corrected chi connectivity index (χ2v) is 8.23. The zero-order valence-electron chi connectivity index (χ0n) is 17.8. The minimum Gasteiger partial charge on any atom is -0.370 e. The van der Waals surface area contributed by atoms with Crippen LogP contribution in [0.1, 0.15) is 23.6 Å². The van der Waals surface area contributed by atoms with Gasteiger partial charge in [-0.25, -0.2) is 9.97 Å². The molecule has 160 valence electrons. The Kier molecular flexibility index (Phi) is 5.72. The first-order valence-corrected chi connectivity index (χ1v) is 10.4. The van der Waals surface area contributed by atoms with Crippen LogP contribution in [0, 0.1) is 5.92 Å². The highest BCUT2D eigenvalue weighted by atomic mass is 16.2. The molecule has 0 radical (unpaired) electrons. The summed E-state index contributed by atoms with van der Waals surface area (Å²) in [5.41, 5.74) is 1.89. The maximum absolute atomic E-state index is 13.2. The largest absolute Gasteiger partial charge is 0.370 e. The summed E-state index contributed by atoms with van der Waals surface area (Å²) in [4.78, 5) is 37.9. The van der Waals surface area contributed by atoms with E-state index in [1.165, 1.54) is 0 Å². The third-order valence-corrected chi connectivity index (χ3v) is 6.03. The highest BCUT2D eigenvalue weighted by molar-refractivity contribution is 5.77. The van der Waals surface area contributed by atoms with Gasteiger partial charge in [-0.3, -0.25) is 14.5 Å². The number of aromatic nitrogens is 3. The Morgan fingerprint density at radius 2 is 2.00 bits per heavy atom. The van der Waals surface area contributed by atoms with E-state index in [0.29, 0.717) is 19.0 Å². The fourth-order valence-electron chi connectivity index (χ4n) is 4.69. The van der Waals surface area contributed by atoms with E-state index in [0.717, 1.165) is 42.4 Å². The molecule has 2 aromatic rings. The average molecular weight is 412 g/mol. The fraction of sp³-hybridized carbons (Fsp3) is 0.524. The first-order chi connectivity index (χ1) is 14.5. The molecular weight excluding hydrogens is 382 g/mol. The minimum atomic E-state index is -0.0601. The molecule has 30 heavy (non-hydrogen) atoms. The van der Waals surface area contributed by atoms with Gasteiger partial charge in [-0.05, 0) is 25.5 Å². The number of pyridine rings is 1. The Labute approximate surface area is 176 Å². The van der Waals surface area contributed by atoms with Crippen LogP contribution in [0.3, 0.4) is 0 Å². The number of hydrogen-bond donors (Lipinski definition) is 2. The number of fused-ring (bicyclic) bond motifs is 4. The Hall–Kier alpha value is -2.94. The van der Waals surface area contributed by atoms with E-state index in [9.17, 15) is 9.59 Å². The van der Waals surface area contributed by atoms with Gasteiger partial charge in [-0.2, -0.15) is 0 Å². The number of likely N-dealkylation sites (N-methyl/N-ethyl adjacent to an activating group) is 2. The first kappa shape index (κ1) is 20.3. The summed E-state index contributed by atoms with van der Waals surface area (Å²) in [6, 6.07) is 4.01. The SMILES string of the molecule is CNC(=O)CN(C)Cc1ccc2n(c1=O)C[C@H]1C[C@@H]2CN(c2nccnc2NC)C1. The zero-order chi connectivity index (χ0) is 21.3. The Bertz CT molecular complexity index is 990. The summed E-state index contributed by atoms with van der Waals surface area (Å²) in [6.07, 6.45) is 4.50. The number of piperidine rings is 1. The first-order valence-electron chi connectivity index (χ1n) is 10.4. The van der Waals surface area contributed by atoms with Gasteiger partial charge in [-0.15, -0.1) is 0 Å². The molecule has 0 aliphatic carbocycles. The third-order valence-electron chi connectivity index (χ3n) is 6.03. The number of anilines is 2. The summed E-state index contributed by atoms with van der Waals surface area (Å²) in [5, 5.41) is 5.74. The van der Waals surface area contributed by atoms with E-state index in [1.54, 1.807) is 19.4 Å². The van der Waals surface area contributed by atoms with Crippen LogP contribution in [0.25, 0.3) is 0 Å². The van der Waals surface area contributed by atoms with Crippen LogP contribution < -0.4 is 21.1 Å². The van der Waals surface area contributed by atoms with Gasteiger partial charge in [-0.1, -0.05) is 6.07 Å². The summed E-state index contributed by atoms with van der Waals surface area (Å²) in [5.74, 6) is 2.27. The van der Waals surface area contributed by atoms with Crippen molar-refractivity contribution in [3.8, 4) is 0 Å². The van der Waals surface area contributed by atoms with Crippen LogP contribution in [0.5, 0.6) is 0 Å². The molecule has 0 saturated carbocycles. The van der Waals surface area contributed by atoms with E-state index in [4.69, 9.17) is 0 Å². The molecule has 2 aliphatic rings. The minimum absolute atomic E-state index is 0.0601. The molecule has 4 heterocycles. The van der Waals surface area contributed by atoms with Gasteiger partial charge in [0.1, 0.15) is 0 Å². The molecule has 4 rings (SSSR count). The number of rotatable bonds is 6. The van der Waals surface area contributed by atoms with E-state index in [-0.39, 0.29) is 23.9 Å². The number of carbonyl (C=O) groups is 1. The monoisotopic (exact) mass is 411 g/mol. The molecule has 2 aromatic heterocycles. The Balaban J connectivity index is 1.56. The quantitative estimate of drug-likeness (QED) is 0.714. The fourth-order valence-corrected chi connectivity index (χ4v) is 4.69. The van der Waals surface area contributed by atoms with E-state index in [1.807, 2.05) is 29.6 Å². The number of hydrogen-bond acceptors (Lipinski definition) is 7. The topological polar surface area (TPSA) is 95.4 Å². The average Bonchev–Trinajstić information content (AvgIpc) is 2.75. The zero-order valence-corrected chi connectivity index (χ0v) is 17.8. The Morgan fingerprint density at radius 1 is 1.20 bits per heavy atom. The van der Waals surface area contributed by atoms with Gasteiger partial charge in [0.05, 0.1) is 6.54 Å². The molecule has 2 bridgehead atoms. The molecule has 0 unspecified atom stereocenters. The van der Waals surface area contributed by atoms with E-state index >= 15 is 0 Å². The maximum Gasteiger partial charge on any atom is 0.255 e. The molecule has 2 atom stereocenters. The van der Waals surface area contributed by atoms with Crippen molar-refractivity contribution in [3.63, 3.8) is 0 Å². The second kappa shape index (κ2) is 8.43. The number of amides is 1. The highest BCUT2D eigenvalue weighted by Crippen LogP contribution is 2.37. The molecule has 1 amide bonds. The van der Waals surface area contributed by atoms with Gasteiger partial charge in [0.15, 0.2) is 11.6 Å². The van der Waals surface area contributed by atoms with Crippen LogP contribution >= 0.6 is 0 Å². The molecule has 1 fully saturated rings. The van der Waals surface area contributed by atoms with Crippen molar-refractivity contribution >= 4 is 17.5 Å². The van der Waals surface area contributed by atoms with Gasteiger partial charge >= 0.3 is 0 Å². The summed E-state index contributed by atoms with van der Waals surface area (Å²) in [7, 11) is 5.33. The summed E-state index contributed by atoms with van der Waals surface area (Å²) in [6.45, 7) is 3.11. The van der Waals surface area contributed by atoms with Gasteiger partial charge in [0.25, 0.3) is 5.56 Å². The number of nitrogens with zero attached hydrogens (tertiary/aromatic N) is 5. The molecule has 2 N–H and O–H groups in total. The van der Waals surface area contributed by atoms with Crippen LogP contribution in [0.15, 0.2) is 29.3 Å². The lowest BCUT2D eigenvalue weighted by Gasteiger charge is -2.43. The lowest BCUT2D eigenvalue weighted by molar-refractivity contribution is -0.121. The van der Waals surface area contributed by atoms with Crippen molar-refractivity contribution in [2.75, 3.05) is 51.0 Å². The molecule has 9 heteroatoms. The molecular formula is C21H29N7O2. The third kappa shape index (κ3) is 3.89. The van der Waals surface area contributed by atoms with E-state index < -0.39 is 0 Å². The number of nitrogens with one attached hydrogen (secondary N) is 2. The van der Waals surface area contributed by atoms with Crippen molar-refractivity contribution < 1.29 is 4.79 Å². The standard InChI is InChI=1S/C21H29N7O2/c1-22-18(29)13-26(3)11-15-4-5-17-16-8-14(10-28(17)21(15)30)9-27(12-16)20-19(23-2)24-6-7-25-20/h4-7,14,16H,8-13H2,1-3H3,(H,22,29)(H,23,24)/t14-,16+/m0/s1. The lowest BCUT2D eigenvalue weighted by atomic mass is 9.83. The second-order valence-electron chi connectivity index (χ2n) is 8.23. The van der Waals surface area contributed by atoms with Crippen molar-refractivity contribution in [3.05, 3.63) is 46.1 Å². The highest BCUT2D eigenvalue weighted by Gasteiger charge is 2.36. The summed E-state index contributed by atoms with van der Waals surface area (Å²) < 4.78 is 1.95. The van der Waals surface area contributed by atoms with Crippen LogP contribution in [-0.2, 0) is 17.9 Å². The smallest absolute Gasteiger partial charge is 0.255 e. The van der Waals surface area contributed by atoms with Crippen molar-refractivity contribution in [1.82, 2.24) is 24.8 Å². The number of carbonyl (C=O) groups excluding carboxylic acids is 1. The predicted octanol–water partition coefficient (Wildman–Crippen LogP) is 0.482. The predicted molar refractivity (Wildman–Crippen MR) is 116 cm³/mol. The van der Waals surface area contributed by atoms with Crippen molar-refractivity contribution in [2.45, 2.75) is 25.4 Å². The summed E-state index contributed by atoms with van der Waals surface area (Å²) >= 11 is 0. The maximum atomic E-state index is 13.2. The Morgan fingerprint density at radius 3 is 2.77 bits per heavy atom. The molecule has 1 saturated heterocycles. The van der Waals surface area contributed by atoms with E-state index in [2.05, 4.69) is 31.6 Å². The normalized spacial score (nSPS) is 20.1. The van der Waals surface area contributed by atoms with Crippen LogP contribution in [0.2, 0.25) is 0 Å². The van der Waals surface area contributed by atoms with Crippen molar-refractivity contribution in [1.29, 1.82) is 0 Å². The van der Waals surface area contributed by atoms with Gasteiger partial charge < -0.3 is 20.1 Å². The molecule has 9 nitrogen and oxygen atoms in total. The van der Waals surface area contributed by atoms with Crippen LogP contribution in [-0.4, -0.2) is 66.1 Å². The van der Waals surface area contributed by atoms with Crippen LogP contribution in [0.4, 0.5) is 11.6 Å². The molecule has 0 aromatic carbocycles. The molecule has 0 spiro atoms. The van der Waals surface area contributed by atoms with Gasteiger partial charge in [0, 0.05) is 69.8 Å². The molecule has 2 aliphatic heterocycles. The van der Waals surface area contributed by atoms with Crippen molar-refractivity contribution in [2.24, 2.45) is 5.92 Å². The lowest BCUT2D eigenvalue weighted by Crippen LogP contribution is -2.48.